The summed E-state index contributed by atoms with van der Waals surface area (Å²) < 4.78 is 0. The van der Waals surface area contributed by atoms with Gasteiger partial charge < -0.3 is 10.2 Å². The van der Waals surface area contributed by atoms with Crippen LogP contribution < -0.4 is 5.32 Å². The third kappa shape index (κ3) is 4.65. The largest absolute Gasteiger partial charge is 0.349 e. The van der Waals surface area contributed by atoms with E-state index in [1.54, 1.807) is 0 Å². The zero-order chi connectivity index (χ0) is 21.0. The lowest BCUT2D eigenvalue weighted by Crippen LogP contribution is -2.41. The minimum atomic E-state index is 0.0508. The molecule has 1 N–H and O–H groups in total. The molecule has 0 aromatic heterocycles. The van der Waals surface area contributed by atoms with E-state index in [9.17, 15) is 4.79 Å². The molecular weight excluding hydrogens is 388 g/mol. The molecule has 1 amide bonds. The first-order valence-corrected chi connectivity index (χ1v) is 13.2. The van der Waals surface area contributed by atoms with Gasteiger partial charge in [-0.25, -0.2) is 0 Å². The fourth-order valence-electron chi connectivity index (χ4n) is 5.52. The van der Waals surface area contributed by atoms with E-state index in [-0.39, 0.29) is 17.4 Å². The molecule has 0 unspecified atom stereocenters. The van der Waals surface area contributed by atoms with Crippen LogP contribution in [0.1, 0.15) is 69.9 Å². The molecule has 1 aromatic rings. The van der Waals surface area contributed by atoms with Crippen LogP contribution in [-0.4, -0.2) is 48.0 Å². The van der Waals surface area contributed by atoms with Gasteiger partial charge in [0.2, 0.25) is 0 Å². The van der Waals surface area contributed by atoms with Crippen molar-refractivity contribution < 1.29 is 4.79 Å². The first-order valence-electron chi connectivity index (χ1n) is 12.1. The van der Waals surface area contributed by atoms with Crippen molar-refractivity contribution in [1.82, 2.24) is 10.2 Å². The Balaban J connectivity index is 1.43. The second-order valence-electron chi connectivity index (χ2n) is 9.43. The molecule has 1 spiro atoms. The highest BCUT2D eigenvalue weighted by Crippen LogP contribution is 2.47. The Labute approximate surface area is 187 Å². The fourth-order valence-corrected chi connectivity index (χ4v) is 6.72. The summed E-state index contributed by atoms with van der Waals surface area (Å²) in [6.45, 7) is 7.84. The maximum Gasteiger partial charge on any atom is 0.251 e. The number of amides is 1. The average molecular weight is 427 g/mol. The van der Waals surface area contributed by atoms with E-state index < -0.39 is 0 Å². The monoisotopic (exact) mass is 426 g/mol. The fraction of sp³-hybridized carbons (Fsp3) is 0.654. The molecule has 3 aliphatic rings. The van der Waals surface area contributed by atoms with Crippen molar-refractivity contribution in [3.05, 3.63) is 41.5 Å². The molecule has 164 valence electrons. The normalized spacial score (nSPS) is 21.6. The van der Waals surface area contributed by atoms with Gasteiger partial charge in [0.05, 0.1) is 0 Å². The number of allylic oxidation sites excluding steroid dienone is 1. The molecule has 0 atom stereocenters. The number of nitrogens with zero attached hydrogens (tertiary/aromatic N) is 1. The predicted molar refractivity (Wildman–Crippen MR) is 129 cm³/mol. The predicted octanol–water partition coefficient (Wildman–Crippen LogP) is 5.26. The van der Waals surface area contributed by atoms with Crippen LogP contribution >= 0.6 is 11.8 Å². The van der Waals surface area contributed by atoms with Gasteiger partial charge in [-0.3, -0.25) is 4.79 Å². The molecule has 0 bridgehead atoms. The lowest BCUT2D eigenvalue weighted by Gasteiger charge is -2.39. The van der Waals surface area contributed by atoms with Crippen molar-refractivity contribution >= 4 is 23.2 Å². The van der Waals surface area contributed by atoms with Crippen molar-refractivity contribution in [2.24, 2.45) is 5.92 Å². The Hall–Kier alpha value is -1.26. The number of likely N-dealkylation sites (tertiary alicyclic amines) is 1. The van der Waals surface area contributed by atoms with Crippen molar-refractivity contribution in [3.8, 4) is 0 Å². The summed E-state index contributed by atoms with van der Waals surface area (Å²) in [5, 5.41) is 3.27. The number of hydrogen-bond donors (Lipinski definition) is 1. The molecule has 30 heavy (non-hydrogen) atoms. The number of rotatable bonds is 7. The summed E-state index contributed by atoms with van der Waals surface area (Å²) in [4.78, 5) is 15.8. The van der Waals surface area contributed by atoms with Crippen LogP contribution in [0.2, 0.25) is 0 Å². The van der Waals surface area contributed by atoms with Gasteiger partial charge in [-0.1, -0.05) is 44.2 Å². The highest BCUT2D eigenvalue weighted by molar-refractivity contribution is 7.99. The van der Waals surface area contributed by atoms with Gasteiger partial charge in [0.15, 0.2) is 0 Å². The van der Waals surface area contributed by atoms with Crippen LogP contribution in [0.25, 0.3) is 5.57 Å². The third-order valence-electron chi connectivity index (χ3n) is 7.68. The van der Waals surface area contributed by atoms with E-state index in [1.807, 2.05) is 0 Å². The van der Waals surface area contributed by atoms with Crippen molar-refractivity contribution in [2.45, 2.75) is 70.3 Å². The smallest absolute Gasteiger partial charge is 0.251 e. The van der Waals surface area contributed by atoms with Crippen LogP contribution in [0, 0.1) is 5.92 Å². The number of piperidine rings is 1. The summed E-state index contributed by atoms with van der Waals surface area (Å²) in [5.41, 5.74) is 3.50. The molecule has 1 aliphatic carbocycles. The van der Waals surface area contributed by atoms with E-state index in [4.69, 9.17) is 0 Å². The summed E-state index contributed by atoms with van der Waals surface area (Å²) in [6.07, 6.45) is 10.7. The maximum absolute atomic E-state index is 13.1. The molecule has 0 saturated carbocycles. The van der Waals surface area contributed by atoms with E-state index in [1.165, 1.54) is 42.9 Å². The summed E-state index contributed by atoms with van der Waals surface area (Å²) in [6, 6.07) is 8.90. The second-order valence-corrected chi connectivity index (χ2v) is 10.7. The molecule has 4 rings (SSSR count). The number of benzene rings is 1. The first kappa shape index (κ1) is 22.0. The number of carbonyl (C=O) groups is 1. The molecule has 2 aliphatic heterocycles. The lowest BCUT2D eigenvalue weighted by molar-refractivity contribution is -0.116. The van der Waals surface area contributed by atoms with Gasteiger partial charge in [0.1, 0.15) is 0 Å². The number of fused-ring (bicyclic) bond motifs is 2. The Kier molecular flexibility index (Phi) is 7.25. The molecule has 2 saturated heterocycles. The zero-order valence-electron chi connectivity index (χ0n) is 18.8. The standard InChI is InChI=1S/C26H38N2OS/c1-3-21(4-2)27-25(29)23-19-26(24-8-6-5-7-22(23)24)12-15-28(16-13-26)14-9-20-10-17-30-18-11-20/h5-8,19-21H,3-4,9-18H2,1-2H3,(H,27,29). The van der Waals surface area contributed by atoms with Crippen LogP contribution in [-0.2, 0) is 10.2 Å². The highest BCUT2D eigenvalue weighted by atomic mass is 32.2. The SMILES string of the molecule is CCC(CC)NC(=O)C1=CC2(CCN(CCC3CCSCC3)CC2)c2ccccc21. The lowest BCUT2D eigenvalue weighted by atomic mass is 9.74. The van der Waals surface area contributed by atoms with Crippen molar-refractivity contribution in [2.75, 3.05) is 31.1 Å². The first-order chi connectivity index (χ1) is 14.6. The highest BCUT2D eigenvalue weighted by Gasteiger charge is 2.42. The Morgan fingerprint density at radius 2 is 1.87 bits per heavy atom. The topological polar surface area (TPSA) is 32.3 Å². The quantitative estimate of drug-likeness (QED) is 0.646. The van der Waals surface area contributed by atoms with Gasteiger partial charge in [-0.15, -0.1) is 0 Å². The van der Waals surface area contributed by atoms with Crippen molar-refractivity contribution in [3.63, 3.8) is 0 Å². The Morgan fingerprint density at radius 3 is 2.57 bits per heavy atom. The minimum Gasteiger partial charge on any atom is -0.349 e. The van der Waals surface area contributed by atoms with E-state index >= 15 is 0 Å². The molecular formula is C26H38N2OS. The van der Waals surface area contributed by atoms with E-state index in [0.717, 1.165) is 55.8 Å². The van der Waals surface area contributed by atoms with Crippen LogP contribution in [0.5, 0.6) is 0 Å². The molecule has 3 nitrogen and oxygen atoms in total. The van der Waals surface area contributed by atoms with Gasteiger partial charge in [-0.05, 0) is 93.1 Å². The molecule has 4 heteroatoms. The summed E-state index contributed by atoms with van der Waals surface area (Å²) >= 11 is 2.12. The van der Waals surface area contributed by atoms with Gasteiger partial charge >= 0.3 is 0 Å². The molecule has 1 aromatic carbocycles. The third-order valence-corrected chi connectivity index (χ3v) is 8.73. The van der Waals surface area contributed by atoms with Gasteiger partial charge in [0.25, 0.3) is 5.91 Å². The minimum absolute atomic E-state index is 0.0508. The second kappa shape index (κ2) is 9.91. The number of carbonyl (C=O) groups excluding carboxylic acids is 1. The molecule has 2 heterocycles. The van der Waals surface area contributed by atoms with E-state index in [2.05, 4.69) is 66.2 Å². The van der Waals surface area contributed by atoms with Gasteiger partial charge in [0, 0.05) is 17.0 Å². The van der Waals surface area contributed by atoms with Crippen LogP contribution in [0.4, 0.5) is 0 Å². The van der Waals surface area contributed by atoms with Gasteiger partial charge in [-0.2, -0.15) is 11.8 Å². The van der Waals surface area contributed by atoms with Crippen molar-refractivity contribution in [1.29, 1.82) is 0 Å². The number of hydrogen-bond acceptors (Lipinski definition) is 3. The van der Waals surface area contributed by atoms with Crippen LogP contribution in [0.3, 0.4) is 0 Å². The molecule has 0 radical (unpaired) electrons. The zero-order valence-corrected chi connectivity index (χ0v) is 19.6. The maximum atomic E-state index is 13.1. The summed E-state index contributed by atoms with van der Waals surface area (Å²) in [5.74, 6) is 3.77. The average Bonchev–Trinajstić information content (AvgIpc) is 3.12. The van der Waals surface area contributed by atoms with Crippen LogP contribution in [0.15, 0.2) is 30.3 Å². The Bertz CT molecular complexity index is 756. The summed E-state index contributed by atoms with van der Waals surface area (Å²) in [7, 11) is 0. The molecule has 2 fully saturated rings. The number of thioether (sulfide) groups is 1. The Morgan fingerprint density at radius 1 is 1.17 bits per heavy atom. The number of nitrogens with one attached hydrogen (secondary N) is 1. The van der Waals surface area contributed by atoms with E-state index in [0.29, 0.717) is 0 Å².